The molecule has 0 spiro atoms. The van der Waals surface area contributed by atoms with E-state index in [1.54, 1.807) is 0 Å². The molecule has 6 nitrogen and oxygen atoms in total. The second-order valence-electron chi connectivity index (χ2n) is 4.21. The molecule has 3 N–H and O–H groups in total. The lowest BCUT2D eigenvalue weighted by Gasteiger charge is -2.09. The van der Waals surface area contributed by atoms with Crippen LogP contribution in [0, 0.1) is 6.92 Å². The molecular weight excluding hydrogens is 240 g/mol. The van der Waals surface area contributed by atoms with E-state index in [1.807, 2.05) is 26.8 Å². The molecule has 0 aliphatic carbocycles. The molecule has 0 fully saturated rings. The first kappa shape index (κ1) is 13.9. The quantitative estimate of drug-likeness (QED) is 0.806. The van der Waals surface area contributed by atoms with Crippen molar-refractivity contribution >= 4 is 16.0 Å². The molecule has 0 saturated carbocycles. The summed E-state index contributed by atoms with van der Waals surface area (Å²) in [5, 5.41) is 7.75. The summed E-state index contributed by atoms with van der Waals surface area (Å²) in [5.74, 6) is 0.606. The third kappa shape index (κ3) is 5.10. The average molecular weight is 258 g/mol. The fourth-order valence-electron chi connectivity index (χ4n) is 1.27. The molecule has 0 amide bonds. The second-order valence-corrected chi connectivity index (χ2v) is 5.94. The van der Waals surface area contributed by atoms with E-state index < -0.39 is 10.0 Å². The van der Waals surface area contributed by atoms with Crippen LogP contribution in [0.25, 0.3) is 0 Å². The highest BCUT2D eigenvalue weighted by Gasteiger charge is 2.07. The molecule has 96 valence electrons. The molecule has 0 aliphatic heterocycles. The van der Waals surface area contributed by atoms with Crippen LogP contribution in [0.2, 0.25) is 0 Å². The minimum absolute atomic E-state index is 0.138. The largest absolute Gasteiger partial charge is 0.353 e. The maximum Gasteiger partial charge on any atom is 0.223 e. The molecule has 1 heterocycles. The van der Waals surface area contributed by atoms with Gasteiger partial charge in [0.25, 0.3) is 0 Å². The van der Waals surface area contributed by atoms with Crippen molar-refractivity contribution in [3.8, 4) is 0 Å². The number of anilines is 1. The predicted octanol–water partition coefficient (Wildman–Crippen LogP) is 0.609. The highest BCUT2D eigenvalue weighted by atomic mass is 32.2. The number of primary sulfonamides is 1. The van der Waals surface area contributed by atoms with Crippen LogP contribution in [-0.2, 0) is 10.0 Å². The van der Waals surface area contributed by atoms with Crippen molar-refractivity contribution in [3.05, 3.63) is 17.5 Å². The van der Waals surface area contributed by atoms with Crippen molar-refractivity contribution in [2.24, 2.45) is 5.14 Å². The zero-order valence-electron chi connectivity index (χ0n) is 10.3. The van der Waals surface area contributed by atoms with Crippen LogP contribution in [0.4, 0.5) is 5.95 Å². The topological polar surface area (TPSA) is 98.0 Å². The molecule has 0 atom stereocenters. The molecule has 7 heteroatoms. The SMILES string of the molecule is Cc1cc(C(C)C)nc(NCCS(N)(=O)=O)n1. The Labute approximate surface area is 102 Å². The van der Waals surface area contributed by atoms with Crippen molar-refractivity contribution in [1.82, 2.24) is 9.97 Å². The molecule has 17 heavy (non-hydrogen) atoms. The maximum atomic E-state index is 10.8. The van der Waals surface area contributed by atoms with Crippen LogP contribution in [0.3, 0.4) is 0 Å². The highest BCUT2D eigenvalue weighted by molar-refractivity contribution is 7.89. The predicted molar refractivity (Wildman–Crippen MR) is 67.3 cm³/mol. The third-order valence-electron chi connectivity index (χ3n) is 2.14. The van der Waals surface area contributed by atoms with Gasteiger partial charge in [-0.2, -0.15) is 0 Å². The fraction of sp³-hybridized carbons (Fsp3) is 0.600. The Kier molecular flexibility index (Phi) is 4.41. The van der Waals surface area contributed by atoms with Crippen molar-refractivity contribution in [3.63, 3.8) is 0 Å². The van der Waals surface area contributed by atoms with E-state index in [2.05, 4.69) is 15.3 Å². The molecule has 1 rings (SSSR count). The van der Waals surface area contributed by atoms with Gasteiger partial charge in [0, 0.05) is 17.9 Å². The Hall–Kier alpha value is -1.21. The average Bonchev–Trinajstić information content (AvgIpc) is 2.14. The summed E-state index contributed by atoms with van der Waals surface area (Å²) in [4.78, 5) is 8.47. The van der Waals surface area contributed by atoms with Gasteiger partial charge in [-0.3, -0.25) is 0 Å². The van der Waals surface area contributed by atoms with E-state index in [9.17, 15) is 8.42 Å². The van der Waals surface area contributed by atoms with Crippen molar-refractivity contribution in [2.75, 3.05) is 17.6 Å². The third-order valence-corrected chi connectivity index (χ3v) is 2.91. The molecule has 1 aromatic heterocycles. The zero-order chi connectivity index (χ0) is 13.1. The van der Waals surface area contributed by atoms with E-state index >= 15 is 0 Å². The number of nitrogens with zero attached hydrogens (tertiary/aromatic N) is 2. The standard InChI is InChI=1S/C10H18N4O2S/c1-7(2)9-6-8(3)13-10(14-9)12-4-5-17(11,15)16/h6-7H,4-5H2,1-3H3,(H2,11,15,16)(H,12,13,14). The minimum Gasteiger partial charge on any atom is -0.353 e. The van der Waals surface area contributed by atoms with Gasteiger partial charge >= 0.3 is 0 Å². The van der Waals surface area contributed by atoms with E-state index in [0.717, 1.165) is 11.4 Å². The fourth-order valence-corrected chi connectivity index (χ4v) is 1.66. The molecule has 0 unspecified atom stereocenters. The van der Waals surface area contributed by atoms with Crippen LogP contribution in [-0.4, -0.2) is 30.7 Å². The lowest BCUT2D eigenvalue weighted by Crippen LogP contribution is -2.23. The second kappa shape index (κ2) is 5.42. The first-order chi connectivity index (χ1) is 7.78. The number of sulfonamides is 1. The van der Waals surface area contributed by atoms with Gasteiger partial charge in [0.1, 0.15) is 0 Å². The van der Waals surface area contributed by atoms with E-state index in [0.29, 0.717) is 11.9 Å². The smallest absolute Gasteiger partial charge is 0.223 e. The van der Waals surface area contributed by atoms with Gasteiger partial charge in [0.2, 0.25) is 16.0 Å². The Balaban J connectivity index is 2.71. The van der Waals surface area contributed by atoms with Gasteiger partial charge in [-0.25, -0.2) is 23.5 Å². The van der Waals surface area contributed by atoms with E-state index in [1.165, 1.54) is 0 Å². The van der Waals surface area contributed by atoms with Gasteiger partial charge in [-0.1, -0.05) is 13.8 Å². The molecule has 0 saturated heterocycles. The van der Waals surface area contributed by atoms with Gasteiger partial charge in [0.15, 0.2) is 0 Å². The molecule has 0 aliphatic rings. The summed E-state index contributed by atoms with van der Waals surface area (Å²) in [7, 11) is -3.45. The van der Waals surface area contributed by atoms with Crippen LogP contribution in [0.5, 0.6) is 0 Å². The van der Waals surface area contributed by atoms with E-state index in [-0.39, 0.29) is 12.3 Å². The monoisotopic (exact) mass is 258 g/mol. The number of rotatable bonds is 5. The lowest BCUT2D eigenvalue weighted by molar-refractivity contribution is 0.598. The summed E-state index contributed by atoms with van der Waals surface area (Å²) in [6.45, 7) is 6.16. The van der Waals surface area contributed by atoms with Gasteiger partial charge in [-0.15, -0.1) is 0 Å². The normalized spacial score (nSPS) is 11.8. The van der Waals surface area contributed by atoms with Crippen LogP contribution in [0.1, 0.15) is 31.2 Å². The minimum atomic E-state index is -3.45. The molecule has 0 radical (unpaired) electrons. The Morgan fingerprint density at radius 3 is 2.59 bits per heavy atom. The number of nitrogens with one attached hydrogen (secondary N) is 1. The van der Waals surface area contributed by atoms with Crippen LogP contribution < -0.4 is 10.5 Å². The lowest BCUT2D eigenvalue weighted by atomic mass is 10.1. The summed E-state index contributed by atoms with van der Waals surface area (Å²) in [5.41, 5.74) is 1.78. The number of aromatic nitrogens is 2. The Morgan fingerprint density at radius 2 is 2.06 bits per heavy atom. The number of hydrogen-bond donors (Lipinski definition) is 2. The van der Waals surface area contributed by atoms with Crippen molar-refractivity contribution < 1.29 is 8.42 Å². The summed E-state index contributed by atoms with van der Waals surface area (Å²) >= 11 is 0. The summed E-state index contributed by atoms with van der Waals surface area (Å²) < 4.78 is 21.5. The first-order valence-electron chi connectivity index (χ1n) is 5.38. The number of hydrogen-bond acceptors (Lipinski definition) is 5. The summed E-state index contributed by atoms with van der Waals surface area (Å²) in [6.07, 6.45) is 0. The summed E-state index contributed by atoms with van der Waals surface area (Å²) in [6, 6.07) is 1.91. The van der Waals surface area contributed by atoms with Gasteiger partial charge in [0.05, 0.1) is 5.75 Å². The van der Waals surface area contributed by atoms with Crippen LogP contribution >= 0.6 is 0 Å². The number of aryl methyl sites for hydroxylation is 1. The Bertz CT molecular complexity index is 485. The zero-order valence-corrected chi connectivity index (χ0v) is 11.1. The van der Waals surface area contributed by atoms with Gasteiger partial charge in [-0.05, 0) is 18.9 Å². The molecule has 0 bridgehead atoms. The number of nitrogens with two attached hydrogens (primary N) is 1. The highest BCUT2D eigenvalue weighted by Crippen LogP contribution is 2.14. The van der Waals surface area contributed by atoms with Crippen LogP contribution in [0.15, 0.2) is 6.07 Å². The molecular formula is C10H18N4O2S. The first-order valence-corrected chi connectivity index (χ1v) is 7.09. The molecule has 0 aromatic carbocycles. The van der Waals surface area contributed by atoms with Crippen molar-refractivity contribution in [2.45, 2.75) is 26.7 Å². The molecule has 1 aromatic rings. The van der Waals surface area contributed by atoms with Crippen molar-refractivity contribution in [1.29, 1.82) is 0 Å². The maximum absolute atomic E-state index is 10.8. The Morgan fingerprint density at radius 1 is 1.41 bits per heavy atom. The van der Waals surface area contributed by atoms with Gasteiger partial charge < -0.3 is 5.32 Å². The van der Waals surface area contributed by atoms with E-state index in [4.69, 9.17) is 5.14 Å².